The summed E-state index contributed by atoms with van der Waals surface area (Å²) < 4.78 is 10.4. The van der Waals surface area contributed by atoms with Crippen molar-refractivity contribution in [2.24, 2.45) is 0 Å². The Hall–Kier alpha value is -2.41. The fourth-order valence-corrected chi connectivity index (χ4v) is 4.71. The Kier molecular flexibility index (Phi) is 7.13. The average Bonchev–Trinajstić information content (AvgIpc) is 3.01. The van der Waals surface area contributed by atoms with Crippen LogP contribution >= 0.6 is 0 Å². The van der Waals surface area contributed by atoms with Crippen molar-refractivity contribution in [3.63, 3.8) is 0 Å². The van der Waals surface area contributed by atoms with Gasteiger partial charge in [-0.2, -0.15) is 0 Å². The zero-order valence-corrected chi connectivity index (χ0v) is 18.2. The molecule has 0 bridgehead atoms. The highest BCUT2D eigenvalue weighted by atomic mass is 16.5. The molecule has 30 heavy (non-hydrogen) atoms. The van der Waals surface area contributed by atoms with Gasteiger partial charge in [-0.15, -0.1) is 0 Å². The molecule has 0 aromatic heterocycles. The minimum atomic E-state index is -1.20. The minimum absolute atomic E-state index is 0.00920. The number of carbonyl (C=O) groups excluding carboxylic acids is 3. The van der Waals surface area contributed by atoms with Crippen LogP contribution in [-0.4, -0.2) is 67.5 Å². The summed E-state index contributed by atoms with van der Waals surface area (Å²) in [4.78, 5) is 42.9. The first-order chi connectivity index (χ1) is 14.5. The van der Waals surface area contributed by atoms with E-state index in [4.69, 9.17) is 9.47 Å². The number of nitrogens with zero attached hydrogens (tertiary/aromatic N) is 2. The number of piperidine rings is 1. The van der Waals surface area contributed by atoms with Crippen LogP contribution in [0.4, 0.5) is 0 Å². The van der Waals surface area contributed by atoms with Gasteiger partial charge in [0.05, 0.1) is 25.7 Å². The van der Waals surface area contributed by atoms with Crippen molar-refractivity contribution in [1.29, 1.82) is 0 Å². The highest BCUT2D eigenvalue weighted by molar-refractivity contribution is 6.10. The monoisotopic (exact) mass is 416 g/mol. The standard InChI is InChI=1S/C23H32N2O5/c1-4-18-9-5-6-11-24(18)20(26)15-23(17-8-7-10-19(14-17)30-3)16-21(27)25(22(23)28)12-13-29-2/h7-8,10,14,18H,4-6,9,11-13,15-16H2,1-3H3/t18-,23+/m0/s1. The van der Waals surface area contributed by atoms with Gasteiger partial charge in [0.15, 0.2) is 0 Å². The molecular formula is C23H32N2O5. The van der Waals surface area contributed by atoms with Gasteiger partial charge in [-0.05, 0) is 43.4 Å². The lowest BCUT2D eigenvalue weighted by atomic mass is 9.75. The number of benzene rings is 1. The van der Waals surface area contributed by atoms with E-state index in [0.717, 1.165) is 25.7 Å². The van der Waals surface area contributed by atoms with Crippen LogP contribution in [0.1, 0.15) is 51.0 Å². The molecule has 7 heteroatoms. The van der Waals surface area contributed by atoms with Gasteiger partial charge < -0.3 is 14.4 Å². The van der Waals surface area contributed by atoms with E-state index in [2.05, 4.69) is 6.92 Å². The molecular weight excluding hydrogens is 384 g/mol. The van der Waals surface area contributed by atoms with E-state index >= 15 is 0 Å². The molecule has 2 heterocycles. The molecule has 0 unspecified atom stereocenters. The third-order valence-electron chi connectivity index (χ3n) is 6.42. The van der Waals surface area contributed by atoms with Crippen LogP contribution in [0.3, 0.4) is 0 Å². The Bertz CT molecular complexity index is 796. The van der Waals surface area contributed by atoms with Crippen LogP contribution in [0.5, 0.6) is 5.75 Å². The van der Waals surface area contributed by atoms with Crippen LogP contribution in [0, 0.1) is 0 Å². The molecule has 164 valence electrons. The molecule has 1 aromatic rings. The summed E-state index contributed by atoms with van der Waals surface area (Å²) in [6, 6.07) is 7.37. The largest absolute Gasteiger partial charge is 0.497 e. The second-order valence-electron chi connectivity index (χ2n) is 8.16. The van der Waals surface area contributed by atoms with Gasteiger partial charge in [0.1, 0.15) is 5.75 Å². The maximum atomic E-state index is 13.6. The molecule has 2 atom stereocenters. The molecule has 3 amide bonds. The smallest absolute Gasteiger partial charge is 0.240 e. The van der Waals surface area contributed by atoms with Crippen LogP contribution < -0.4 is 4.74 Å². The summed E-state index contributed by atoms with van der Waals surface area (Å²) in [6.45, 7) is 3.25. The molecule has 0 saturated carbocycles. The summed E-state index contributed by atoms with van der Waals surface area (Å²) in [5.41, 5.74) is -0.551. The third-order valence-corrected chi connectivity index (χ3v) is 6.42. The molecule has 2 aliphatic heterocycles. The number of hydrogen-bond donors (Lipinski definition) is 0. The van der Waals surface area contributed by atoms with E-state index in [0.29, 0.717) is 17.9 Å². The summed E-state index contributed by atoms with van der Waals surface area (Å²) in [5.74, 6) is -0.0481. The van der Waals surface area contributed by atoms with Crippen LogP contribution in [-0.2, 0) is 24.5 Å². The fraction of sp³-hybridized carbons (Fsp3) is 0.609. The molecule has 0 aliphatic carbocycles. The average molecular weight is 417 g/mol. The van der Waals surface area contributed by atoms with Gasteiger partial charge in [0.2, 0.25) is 17.7 Å². The van der Waals surface area contributed by atoms with Gasteiger partial charge in [-0.3, -0.25) is 19.3 Å². The van der Waals surface area contributed by atoms with Gasteiger partial charge in [0.25, 0.3) is 0 Å². The third kappa shape index (κ3) is 4.21. The number of methoxy groups -OCH3 is 2. The maximum absolute atomic E-state index is 13.6. The summed E-state index contributed by atoms with van der Waals surface area (Å²) in [5, 5.41) is 0. The van der Waals surface area contributed by atoms with Crippen molar-refractivity contribution in [2.45, 2.75) is 56.9 Å². The highest BCUT2D eigenvalue weighted by Crippen LogP contribution is 2.41. The van der Waals surface area contributed by atoms with Crippen LogP contribution in [0.2, 0.25) is 0 Å². The molecule has 2 saturated heterocycles. The highest BCUT2D eigenvalue weighted by Gasteiger charge is 2.54. The van der Waals surface area contributed by atoms with Crippen molar-refractivity contribution in [2.75, 3.05) is 33.9 Å². The second-order valence-corrected chi connectivity index (χ2v) is 8.16. The lowest BCUT2D eigenvalue weighted by Crippen LogP contribution is -2.48. The van der Waals surface area contributed by atoms with E-state index in [9.17, 15) is 14.4 Å². The minimum Gasteiger partial charge on any atom is -0.497 e. The van der Waals surface area contributed by atoms with Gasteiger partial charge in [-0.25, -0.2) is 0 Å². The zero-order chi connectivity index (χ0) is 21.7. The topological polar surface area (TPSA) is 76.2 Å². The Morgan fingerprint density at radius 1 is 1.23 bits per heavy atom. The van der Waals surface area contributed by atoms with E-state index in [1.807, 2.05) is 11.0 Å². The molecule has 3 rings (SSSR count). The number of rotatable bonds is 8. The number of hydrogen-bond acceptors (Lipinski definition) is 5. The molecule has 2 fully saturated rings. The van der Waals surface area contributed by atoms with Crippen molar-refractivity contribution < 1.29 is 23.9 Å². The summed E-state index contributed by atoms with van der Waals surface area (Å²) >= 11 is 0. The summed E-state index contributed by atoms with van der Waals surface area (Å²) in [6.07, 6.45) is 3.95. The van der Waals surface area contributed by atoms with Gasteiger partial charge in [0, 0.05) is 32.5 Å². The Morgan fingerprint density at radius 2 is 2.03 bits per heavy atom. The normalized spacial score (nSPS) is 24.4. The zero-order valence-electron chi connectivity index (χ0n) is 18.2. The van der Waals surface area contributed by atoms with E-state index < -0.39 is 5.41 Å². The molecule has 1 aromatic carbocycles. The number of imide groups is 1. The number of amides is 3. The van der Waals surface area contributed by atoms with Crippen molar-refractivity contribution in [3.8, 4) is 5.75 Å². The van der Waals surface area contributed by atoms with E-state index in [-0.39, 0.29) is 49.8 Å². The van der Waals surface area contributed by atoms with Crippen LogP contribution in [0.25, 0.3) is 0 Å². The Labute approximate surface area is 178 Å². The molecule has 0 N–H and O–H groups in total. The van der Waals surface area contributed by atoms with Gasteiger partial charge >= 0.3 is 0 Å². The second kappa shape index (κ2) is 9.60. The number of ether oxygens (including phenoxy) is 2. The predicted octanol–water partition coefficient (Wildman–Crippen LogP) is 2.52. The molecule has 0 radical (unpaired) electrons. The molecule has 2 aliphatic rings. The maximum Gasteiger partial charge on any atom is 0.240 e. The first-order valence-electron chi connectivity index (χ1n) is 10.7. The summed E-state index contributed by atoms with van der Waals surface area (Å²) in [7, 11) is 3.09. The van der Waals surface area contributed by atoms with Crippen LogP contribution in [0.15, 0.2) is 24.3 Å². The van der Waals surface area contributed by atoms with E-state index in [1.54, 1.807) is 25.3 Å². The molecule has 0 spiro atoms. The number of carbonyl (C=O) groups is 3. The molecule has 7 nitrogen and oxygen atoms in total. The number of likely N-dealkylation sites (tertiary alicyclic amines) is 2. The van der Waals surface area contributed by atoms with Crippen molar-refractivity contribution in [1.82, 2.24) is 9.80 Å². The Balaban J connectivity index is 1.97. The predicted molar refractivity (Wildman–Crippen MR) is 112 cm³/mol. The van der Waals surface area contributed by atoms with Crippen molar-refractivity contribution >= 4 is 17.7 Å². The van der Waals surface area contributed by atoms with E-state index in [1.165, 1.54) is 12.0 Å². The first-order valence-corrected chi connectivity index (χ1v) is 10.7. The quantitative estimate of drug-likeness (QED) is 0.609. The first kappa shape index (κ1) is 22.3. The fourth-order valence-electron chi connectivity index (χ4n) is 4.71. The van der Waals surface area contributed by atoms with Gasteiger partial charge in [-0.1, -0.05) is 19.1 Å². The Morgan fingerprint density at radius 3 is 2.73 bits per heavy atom. The van der Waals surface area contributed by atoms with Crippen molar-refractivity contribution in [3.05, 3.63) is 29.8 Å². The SMILES string of the molecule is CC[C@H]1CCCCN1C(=O)C[C@]1(c2cccc(OC)c2)CC(=O)N(CCOC)C1=O. The lowest BCUT2D eigenvalue weighted by Gasteiger charge is -2.37. The lowest BCUT2D eigenvalue weighted by molar-refractivity contribution is -0.144.